The zero-order chi connectivity index (χ0) is 13.5. The van der Waals surface area contributed by atoms with Crippen LogP contribution in [0, 0.1) is 11.8 Å². The van der Waals surface area contributed by atoms with E-state index in [0.29, 0.717) is 0 Å². The number of amides is 1. The van der Waals surface area contributed by atoms with Crippen LogP contribution in [0.15, 0.2) is 0 Å². The predicted octanol–water partition coefficient (Wildman–Crippen LogP) is 1.65. The van der Waals surface area contributed by atoms with Crippen LogP contribution in [0.1, 0.15) is 39.0 Å². The Bertz CT molecular complexity index is 274. The van der Waals surface area contributed by atoms with Crippen LogP contribution in [0.4, 0.5) is 0 Å². The summed E-state index contributed by atoms with van der Waals surface area (Å²) in [5.74, 6) is 1.35. The van der Waals surface area contributed by atoms with Crippen molar-refractivity contribution in [2.45, 2.75) is 39.0 Å². The highest BCUT2D eigenvalue weighted by Crippen LogP contribution is 2.19. The van der Waals surface area contributed by atoms with Crippen molar-refractivity contribution in [3.63, 3.8) is 0 Å². The van der Waals surface area contributed by atoms with Crippen molar-refractivity contribution in [1.82, 2.24) is 15.5 Å². The van der Waals surface area contributed by atoms with Gasteiger partial charge in [0.2, 0.25) is 5.91 Å². The van der Waals surface area contributed by atoms with Crippen molar-refractivity contribution in [3.05, 3.63) is 0 Å². The van der Waals surface area contributed by atoms with Crippen LogP contribution in [0.25, 0.3) is 0 Å². The molecule has 0 unspecified atom stereocenters. The fourth-order valence-corrected chi connectivity index (χ4v) is 3.22. The fraction of sp³-hybridized carbons (Fsp3) is 0.933. The van der Waals surface area contributed by atoms with E-state index < -0.39 is 0 Å². The van der Waals surface area contributed by atoms with Gasteiger partial charge in [0, 0.05) is 12.5 Å². The van der Waals surface area contributed by atoms with Crippen LogP contribution in [0.2, 0.25) is 0 Å². The third-order valence-corrected chi connectivity index (χ3v) is 4.72. The van der Waals surface area contributed by atoms with E-state index in [9.17, 15) is 4.79 Å². The first-order valence-electron chi connectivity index (χ1n) is 8.00. The first kappa shape index (κ1) is 17.7. The number of nitrogens with zero attached hydrogens (tertiary/aromatic N) is 1. The van der Waals surface area contributed by atoms with Gasteiger partial charge in [-0.05, 0) is 70.7 Å². The van der Waals surface area contributed by atoms with E-state index in [2.05, 4.69) is 22.5 Å². The third kappa shape index (κ3) is 5.58. The minimum Gasteiger partial charge on any atom is -0.356 e. The number of halogens is 1. The lowest BCUT2D eigenvalue weighted by Crippen LogP contribution is -2.39. The smallest absolute Gasteiger partial charge is 0.223 e. The molecule has 0 aromatic carbocycles. The molecule has 0 radical (unpaired) electrons. The number of carbonyl (C=O) groups is 1. The number of carbonyl (C=O) groups excluding carboxylic acids is 1. The first-order valence-corrected chi connectivity index (χ1v) is 8.00. The van der Waals surface area contributed by atoms with Crippen molar-refractivity contribution >= 4 is 18.3 Å². The van der Waals surface area contributed by atoms with Crippen LogP contribution < -0.4 is 10.6 Å². The van der Waals surface area contributed by atoms with Gasteiger partial charge in [-0.25, -0.2) is 0 Å². The van der Waals surface area contributed by atoms with E-state index in [0.717, 1.165) is 44.8 Å². The normalized spacial score (nSPS) is 22.2. The number of likely N-dealkylation sites (tertiary alicyclic amines) is 1. The molecule has 0 aromatic heterocycles. The highest BCUT2D eigenvalue weighted by molar-refractivity contribution is 5.85. The average molecular weight is 304 g/mol. The third-order valence-electron chi connectivity index (χ3n) is 4.72. The van der Waals surface area contributed by atoms with Crippen molar-refractivity contribution in [3.8, 4) is 0 Å². The quantitative estimate of drug-likeness (QED) is 0.812. The molecule has 0 aromatic rings. The number of piperidine rings is 2. The SMILES string of the molecule is CCN1CCC(CCNC(=O)C2CCNCC2)CC1.Cl. The van der Waals surface area contributed by atoms with Crippen LogP contribution in [0.3, 0.4) is 0 Å². The lowest BCUT2D eigenvalue weighted by atomic mass is 9.93. The molecule has 2 fully saturated rings. The molecule has 118 valence electrons. The van der Waals surface area contributed by atoms with Gasteiger partial charge in [-0.1, -0.05) is 6.92 Å². The maximum atomic E-state index is 12.0. The summed E-state index contributed by atoms with van der Waals surface area (Å²) in [7, 11) is 0. The number of hydrogen-bond donors (Lipinski definition) is 2. The fourth-order valence-electron chi connectivity index (χ4n) is 3.22. The molecule has 0 spiro atoms. The molecule has 0 aliphatic carbocycles. The molecule has 0 atom stereocenters. The van der Waals surface area contributed by atoms with Crippen molar-refractivity contribution < 1.29 is 4.79 Å². The second-order valence-electron chi connectivity index (χ2n) is 5.98. The highest BCUT2D eigenvalue weighted by Gasteiger charge is 2.21. The Kier molecular flexibility index (Phi) is 8.50. The molecule has 2 aliphatic rings. The molecule has 2 heterocycles. The monoisotopic (exact) mass is 303 g/mol. The van der Waals surface area contributed by atoms with E-state index in [1.54, 1.807) is 0 Å². The van der Waals surface area contributed by atoms with Crippen LogP contribution in [-0.4, -0.2) is 50.1 Å². The summed E-state index contributed by atoms with van der Waals surface area (Å²) >= 11 is 0. The minimum absolute atomic E-state index is 0. The van der Waals surface area contributed by atoms with Gasteiger partial charge >= 0.3 is 0 Å². The molecule has 5 heteroatoms. The van der Waals surface area contributed by atoms with Crippen LogP contribution in [-0.2, 0) is 4.79 Å². The first-order chi connectivity index (χ1) is 9.29. The van der Waals surface area contributed by atoms with Gasteiger partial charge in [0.25, 0.3) is 0 Å². The van der Waals surface area contributed by atoms with Gasteiger partial charge in [0.05, 0.1) is 0 Å². The van der Waals surface area contributed by atoms with E-state index in [4.69, 9.17) is 0 Å². The molecule has 20 heavy (non-hydrogen) atoms. The molecule has 1 amide bonds. The Labute approximate surface area is 129 Å². The van der Waals surface area contributed by atoms with Gasteiger partial charge in [0.15, 0.2) is 0 Å². The van der Waals surface area contributed by atoms with Crippen LogP contribution in [0.5, 0.6) is 0 Å². The standard InChI is InChI=1S/C15H29N3O.ClH/c1-2-18-11-6-13(7-12-18)3-10-17-15(19)14-4-8-16-9-5-14;/h13-14,16H,2-12H2,1H3,(H,17,19);1H. The highest BCUT2D eigenvalue weighted by atomic mass is 35.5. The van der Waals surface area contributed by atoms with Gasteiger partial charge in [0.1, 0.15) is 0 Å². The Morgan fingerprint density at radius 2 is 1.85 bits per heavy atom. The lowest BCUT2D eigenvalue weighted by Gasteiger charge is -2.31. The molecule has 2 aliphatic heterocycles. The molecule has 0 bridgehead atoms. The van der Waals surface area contributed by atoms with Gasteiger partial charge in [-0.2, -0.15) is 0 Å². The molecule has 2 rings (SSSR count). The largest absolute Gasteiger partial charge is 0.356 e. The van der Waals surface area contributed by atoms with Crippen molar-refractivity contribution in [1.29, 1.82) is 0 Å². The van der Waals surface area contributed by atoms with Gasteiger partial charge in [-0.3, -0.25) is 4.79 Å². The summed E-state index contributed by atoms with van der Waals surface area (Å²) in [6.45, 7) is 8.76. The Balaban J connectivity index is 0.00000200. The van der Waals surface area contributed by atoms with E-state index in [-0.39, 0.29) is 24.2 Å². The van der Waals surface area contributed by atoms with Crippen molar-refractivity contribution in [2.24, 2.45) is 11.8 Å². The van der Waals surface area contributed by atoms with Gasteiger partial charge < -0.3 is 15.5 Å². The predicted molar refractivity (Wildman–Crippen MR) is 85.3 cm³/mol. The maximum absolute atomic E-state index is 12.0. The molecule has 4 nitrogen and oxygen atoms in total. The minimum atomic E-state index is 0. The summed E-state index contributed by atoms with van der Waals surface area (Å²) < 4.78 is 0. The number of nitrogens with one attached hydrogen (secondary N) is 2. The molecular weight excluding hydrogens is 274 g/mol. The molecular formula is C15H30ClN3O. The zero-order valence-electron chi connectivity index (χ0n) is 12.7. The Morgan fingerprint density at radius 1 is 1.20 bits per heavy atom. The molecule has 0 saturated carbocycles. The maximum Gasteiger partial charge on any atom is 0.223 e. The average Bonchev–Trinajstić information content (AvgIpc) is 2.49. The summed E-state index contributed by atoms with van der Waals surface area (Å²) in [6, 6.07) is 0. The van der Waals surface area contributed by atoms with Gasteiger partial charge in [-0.15, -0.1) is 12.4 Å². The van der Waals surface area contributed by atoms with E-state index >= 15 is 0 Å². The summed E-state index contributed by atoms with van der Waals surface area (Å²) in [5, 5.41) is 6.45. The molecule has 2 N–H and O–H groups in total. The number of hydrogen-bond acceptors (Lipinski definition) is 3. The van der Waals surface area contributed by atoms with E-state index in [1.165, 1.54) is 32.5 Å². The second-order valence-corrected chi connectivity index (χ2v) is 5.98. The number of rotatable bonds is 5. The topological polar surface area (TPSA) is 44.4 Å². The lowest BCUT2D eigenvalue weighted by molar-refractivity contribution is -0.125. The summed E-state index contributed by atoms with van der Waals surface area (Å²) in [5.41, 5.74) is 0. The van der Waals surface area contributed by atoms with Crippen LogP contribution >= 0.6 is 12.4 Å². The zero-order valence-corrected chi connectivity index (χ0v) is 13.5. The Morgan fingerprint density at radius 3 is 2.45 bits per heavy atom. The van der Waals surface area contributed by atoms with E-state index in [1.807, 2.05) is 0 Å². The van der Waals surface area contributed by atoms with Crippen molar-refractivity contribution in [2.75, 3.05) is 39.3 Å². The summed E-state index contributed by atoms with van der Waals surface area (Å²) in [6.07, 6.45) is 5.77. The summed E-state index contributed by atoms with van der Waals surface area (Å²) in [4.78, 5) is 14.5. The Hall–Kier alpha value is -0.320. The second kappa shape index (κ2) is 9.59. The molecule has 2 saturated heterocycles.